The minimum atomic E-state index is -2.25. The number of amides is 1. The number of nitro groups is 1. The van der Waals surface area contributed by atoms with E-state index in [9.17, 15) is 20.0 Å². The molecule has 0 saturated carbocycles. The maximum atomic E-state index is 12.5. The summed E-state index contributed by atoms with van der Waals surface area (Å²) in [5.74, 6) is 0. The molecule has 1 saturated heterocycles. The molecule has 0 bridgehead atoms. The number of rotatable bonds is 7. The first kappa shape index (κ1) is 26.1. The summed E-state index contributed by atoms with van der Waals surface area (Å²) in [5.41, 5.74) is 1.68. The summed E-state index contributed by atoms with van der Waals surface area (Å²) < 4.78 is 6.81. The fourth-order valence-electron chi connectivity index (χ4n) is 4.15. The van der Waals surface area contributed by atoms with Crippen molar-refractivity contribution in [2.75, 3.05) is 0 Å². The minimum absolute atomic E-state index is 0.0150. The Bertz CT molecular complexity index is 1020. The Morgan fingerprint density at radius 2 is 1.91 bits per heavy atom. The molecule has 3 rings (SSSR count). The number of pyridine rings is 1. The van der Waals surface area contributed by atoms with E-state index in [1.165, 1.54) is 17.0 Å². The molecule has 1 aliphatic heterocycles. The van der Waals surface area contributed by atoms with Crippen LogP contribution >= 0.6 is 11.6 Å². The number of halogens is 1. The molecule has 0 radical (unpaired) electrons. The fraction of sp³-hybridized carbons (Fsp3) is 0.500. The van der Waals surface area contributed by atoms with Crippen molar-refractivity contribution in [2.45, 2.75) is 76.4 Å². The van der Waals surface area contributed by atoms with Gasteiger partial charge in [0.2, 0.25) is 0 Å². The van der Waals surface area contributed by atoms with Crippen LogP contribution in [0.5, 0.6) is 0 Å². The van der Waals surface area contributed by atoms with Gasteiger partial charge in [0.15, 0.2) is 8.32 Å². The molecule has 1 amide bonds. The van der Waals surface area contributed by atoms with Gasteiger partial charge in [-0.2, -0.15) is 0 Å². The summed E-state index contributed by atoms with van der Waals surface area (Å²) in [7, 11) is -2.25. The molecule has 1 N–H and O–H groups in total. The molecule has 10 heteroatoms. The van der Waals surface area contributed by atoms with Gasteiger partial charge in [-0.15, -0.1) is 0 Å². The predicted molar refractivity (Wildman–Crippen MR) is 134 cm³/mol. The molecular weight excluding hydrogens is 474 g/mol. The first-order valence-electron chi connectivity index (χ1n) is 11.3. The van der Waals surface area contributed by atoms with E-state index >= 15 is 0 Å². The Balaban J connectivity index is 1.92. The highest BCUT2D eigenvalue weighted by molar-refractivity contribution is 6.74. The Labute approximate surface area is 206 Å². The van der Waals surface area contributed by atoms with E-state index in [0.29, 0.717) is 24.4 Å². The van der Waals surface area contributed by atoms with E-state index in [2.05, 4.69) is 38.8 Å². The second kappa shape index (κ2) is 10.0. The number of benzene rings is 1. The van der Waals surface area contributed by atoms with E-state index in [0.717, 1.165) is 11.1 Å². The first-order valence-corrected chi connectivity index (χ1v) is 14.6. The molecule has 34 heavy (non-hydrogen) atoms. The van der Waals surface area contributed by atoms with Gasteiger partial charge in [-0.3, -0.25) is 15.0 Å². The van der Waals surface area contributed by atoms with Crippen molar-refractivity contribution >= 4 is 31.7 Å². The molecule has 0 aliphatic carbocycles. The maximum Gasteiger partial charge on any atom is 0.407 e. The molecule has 1 aliphatic rings. The monoisotopic (exact) mass is 505 g/mol. The zero-order valence-corrected chi connectivity index (χ0v) is 22.0. The van der Waals surface area contributed by atoms with Crippen LogP contribution in [0.1, 0.15) is 50.8 Å². The lowest BCUT2D eigenvalue weighted by Crippen LogP contribution is -2.49. The number of nitrogens with zero attached hydrogens (tertiary/aromatic N) is 3. The highest BCUT2D eigenvalue weighted by atomic mass is 35.5. The number of aromatic nitrogens is 1. The van der Waals surface area contributed by atoms with Crippen LogP contribution in [0, 0.1) is 10.1 Å². The molecule has 3 atom stereocenters. The second-order valence-corrected chi connectivity index (χ2v) is 15.5. The summed E-state index contributed by atoms with van der Waals surface area (Å²) in [6.45, 7) is 10.8. The molecule has 1 fully saturated rings. The second-order valence-electron chi connectivity index (χ2n) is 10.3. The van der Waals surface area contributed by atoms with Gasteiger partial charge in [-0.25, -0.2) is 9.78 Å². The van der Waals surface area contributed by atoms with Crippen molar-refractivity contribution in [3.8, 4) is 0 Å². The van der Waals surface area contributed by atoms with E-state index in [1.807, 2.05) is 6.07 Å². The lowest BCUT2D eigenvalue weighted by atomic mass is 10.0. The Morgan fingerprint density at radius 3 is 2.41 bits per heavy atom. The van der Waals surface area contributed by atoms with Crippen LogP contribution in [0.15, 0.2) is 42.6 Å². The molecule has 1 aromatic heterocycles. The number of carbonyl (C=O) groups is 1. The third-order valence-corrected chi connectivity index (χ3v) is 11.7. The van der Waals surface area contributed by atoms with Gasteiger partial charge in [0, 0.05) is 29.9 Å². The average molecular weight is 506 g/mol. The Kier molecular flexibility index (Phi) is 7.69. The van der Waals surface area contributed by atoms with E-state index < -0.39 is 25.4 Å². The van der Waals surface area contributed by atoms with Crippen LogP contribution in [-0.2, 0) is 10.8 Å². The number of hydrogen-bond donors (Lipinski definition) is 1. The molecule has 184 valence electrons. The van der Waals surface area contributed by atoms with Crippen molar-refractivity contribution in [1.82, 2.24) is 9.88 Å². The normalized spacial score (nSPS) is 19.8. The topological polar surface area (TPSA) is 106 Å². The standard InChI is InChI=1S/C24H32ClN3O5Si/c1-24(2,3)34(4,5)33-22(17-8-13-21(25)26-15-17)20-12-11-19(27(20)23(29)30)14-16-6-9-18(10-7-16)28(31)32/h6-10,13,15,19-20,22H,11-12,14H2,1-5H3,(H,29,30)/t19-,20-,22?/m1/s1. The maximum absolute atomic E-state index is 12.5. The zero-order valence-electron chi connectivity index (χ0n) is 20.2. The summed E-state index contributed by atoms with van der Waals surface area (Å²) in [6.07, 6.45) is 2.00. The van der Waals surface area contributed by atoms with Crippen molar-refractivity contribution in [2.24, 2.45) is 0 Å². The highest BCUT2D eigenvalue weighted by Crippen LogP contribution is 2.44. The number of nitro benzene ring substituents is 1. The number of likely N-dealkylation sites (tertiary alicyclic amines) is 1. The van der Waals surface area contributed by atoms with Gasteiger partial charge in [0.1, 0.15) is 5.15 Å². The van der Waals surface area contributed by atoms with Crippen LogP contribution in [0.3, 0.4) is 0 Å². The summed E-state index contributed by atoms with van der Waals surface area (Å²) in [4.78, 5) is 28.7. The number of hydrogen-bond acceptors (Lipinski definition) is 5. The first-order chi connectivity index (χ1) is 15.8. The Hall–Kier alpha value is -2.49. The molecule has 1 aromatic carbocycles. The Morgan fingerprint density at radius 1 is 1.26 bits per heavy atom. The zero-order chi connectivity index (χ0) is 25.3. The SMILES string of the molecule is CC(C)(C)[Si](C)(C)OC(c1ccc(Cl)nc1)[C@H]1CC[C@H](Cc2ccc([N+](=O)[O-])cc2)N1C(=O)O. The van der Waals surface area contributed by atoms with Crippen LogP contribution in [0.2, 0.25) is 23.3 Å². The van der Waals surface area contributed by atoms with Crippen LogP contribution in [-0.4, -0.2) is 46.4 Å². The van der Waals surface area contributed by atoms with Crippen molar-refractivity contribution in [1.29, 1.82) is 0 Å². The van der Waals surface area contributed by atoms with Gasteiger partial charge in [0.25, 0.3) is 5.69 Å². The van der Waals surface area contributed by atoms with Gasteiger partial charge < -0.3 is 9.53 Å². The summed E-state index contributed by atoms with van der Waals surface area (Å²) in [5, 5.41) is 21.5. The molecular formula is C24H32ClN3O5Si. The third kappa shape index (κ3) is 5.76. The van der Waals surface area contributed by atoms with E-state index in [4.69, 9.17) is 16.0 Å². The van der Waals surface area contributed by atoms with Gasteiger partial charge in [0.05, 0.1) is 17.1 Å². The van der Waals surface area contributed by atoms with E-state index in [-0.39, 0.29) is 22.8 Å². The van der Waals surface area contributed by atoms with Crippen LogP contribution in [0.25, 0.3) is 0 Å². The summed E-state index contributed by atoms with van der Waals surface area (Å²) in [6, 6.07) is 9.22. The molecule has 0 spiro atoms. The average Bonchev–Trinajstić information content (AvgIpc) is 3.16. The summed E-state index contributed by atoms with van der Waals surface area (Å²) >= 11 is 6.02. The molecule has 8 nitrogen and oxygen atoms in total. The lowest BCUT2D eigenvalue weighted by Gasteiger charge is -2.42. The smallest absolute Gasteiger partial charge is 0.407 e. The largest absolute Gasteiger partial charge is 0.465 e. The van der Waals surface area contributed by atoms with Gasteiger partial charge in [-0.05, 0) is 49.0 Å². The third-order valence-electron chi connectivity index (χ3n) is 7.04. The van der Waals surface area contributed by atoms with E-state index in [1.54, 1.807) is 24.4 Å². The number of non-ortho nitro benzene ring substituents is 1. The quantitative estimate of drug-likeness (QED) is 0.200. The lowest BCUT2D eigenvalue weighted by molar-refractivity contribution is -0.384. The minimum Gasteiger partial charge on any atom is -0.465 e. The molecule has 2 aromatic rings. The fourth-order valence-corrected chi connectivity index (χ4v) is 5.55. The van der Waals surface area contributed by atoms with Gasteiger partial charge >= 0.3 is 6.09 Å². The molecule has 2 heterocycles. The van der Waals surface area contributed by atoms with Gasteiger partial charge in [-0.1, -0.05) is 50.6 Å². The number of carboxylic acid groups (broad SMARTS) is 1. The van der Waals surface area contributed by atoms with Crippen LogP contribution < -0.4 is 0 Å². The van der Waals surface area contributed by atoms with Crippen molar-refractivity contribution < 1.29 is 19.3 Å². The highest BCUT2D eigenvalue weighted by Gasteiger charge is 2.46. The molecule has 1 unspecified atom stereocenters. The van der Waals surface area contributed by atoms with Crippen LogP contribution in [0.4, 0.5) is 10.5 Å². The van der Waals surface area contributed by atoms with Crippen molar-refractivity contribution in [3.63, 3.8) is 0 Å². The predicted octanol–water partition coefficient (Wildman–Crippen LogP) is 6.46. The van der Waals surface area contributed by atoms with Crippen molar-refractivity contribution in [3.05, 3.63) is 69.0 Å².